The summed E-state index contributed by atoms with van der Waals surface area (Å²) in [4.78, 5) is 14.6. The minimum Gasteiger partial charge on any atom is -0.311 e. The van der Waals surface area contributed by atoms with Crippen LogP contribution in [0.15, 0.2) is 41.3 Å². The third kappa shape index (κ3) is 3.53. The minimum atomic E-state index is -3.73. The molecule has 28 heavy (non-hydrogen) atoms. The summed E-state index contributed by atoms with van der Waals surface area (Å²) in [5, 5.41) is 0. The first-order chi connectivity index (χ1) is 12.9. The topological polar surface area (TPSA) is 66.5 Å². The van der Waals surface area contributed by atoms with E-state index in [1.807, 2.05) is 53.7 Å². The molecular weight excluding hydrogens is 372 g/mol. The summed E-state index contributed by atoms with van der Waals surface area (Å²) in [5.74, 6) is -0.0629. The molecule has 1 heterocycles. The van der Waals surface area contributed by atoms with Crippen LogP contribution in [0.25, 0.3) is 0 Å². The van der Waals surface area contributed by atoms with Gasteiger partial charge in [0.15, 0.2) is 0 Å². The first kappa shape index (κ1) is 20.4. The Morgan fingerprint density at radius 2 is 1.82 bits per heavy atom. The highest BCUT2D eigenvalue weighted by Gasteiger charge is 2.39. The summed E-state index contributed by atoms with van der Waals surface area (Å²) in [6.07, 6.45) is 0. The van der Waals surface area contributed by atoms with Gasteiger partial charge in [0.25, 0.3) is 10.0 Å². The van der Waals surface area contributed by atoms with Crippen molar-refractivity contribution in [2.24, 2.45) is 5.92 Å². The zero-order valence-corrected chi connectivity index (χ0v) is 18.1. The predicted molar refractivity (Wildman–Crippen MR) is 113 cm³/mol. The largest absolute Gasteiger partial charge is 0.311 e. The van der Waals surface area contributed by atoms with Gasteiger partial charge in [-0.25, -0.2) is 8.42 Å². The van der Waals surface area contributed by atoms with Crippen molar-refractivity contribution in [3.8, 4) is 0 Å². The van der Waals surface area contributed by atoms with Gasteiger partial charge in [-0.3, -0.25) is 9.52 Å². The summed E-state index contributed by atoms with van der Waals surface area (Å²) in [6, 6.07) is 10.6. The maximum absolute atomic E-state index is 13.0. The third-order valence-electron chi connectivity index (χ3n) is 5.46. The standard InChI is InChI=1S/C22H28N2O3S/c1-14(2)21(25)24-13-22(5,6)18-12-17(10-11-20(18)24)28(26,27)23-19-9-7-8-15(3)16(19)4/h7-12,14,23H,13H2,1-6H3. The molecule has 3 rings (SSSR count). The molecule has 0 radical (unpaired) electrons. The van der Waals surface area contributed by atoms with Crippen molar-refractivity contribution in [2.45, 2.75) is 51.9 Å². The number of sulfonamides is 1. The van der Waals surface area contributed by atoms with Crippen molar-refractivity contribution in [1.82, 2.24) is 0 Å². The number of amides is 1. The SMILES string of the molecule is Cc1cccc(NS(=O)(=O)c2ccc3c(c2)C(C)(C)CN3C(=O)C(C)C)c1C. The first-order valence-corrected chi connectivity index (χ1v) is 11.0. The van der Waals surface area contributed by atoms with Crippen molar-refractivity contribution in [2.75, 3.05) is 16.2 Å². The van der Waals surface area contributed by atoms with Crippen LogP contribution in [0.3, 0.4) is 0 Å². The van der Waals surface area contributed by atoms with E-state index in [0.29, 0.717) is 12.2 Å². The van der Waals surface area contributed by atoms with E-state index < -0.39 is 10.0 Å². The Hall–Kier alpha value is -2.34. The van der Waals surface area contributed by atoms with Crippen LogP contribution >= 0.6 is 0 Å². The highest BCUT2D eigenvalue weighted by molar-refractivity contribution is 7.92. The van der Waals surface area contributed by atoms with Gasteiger partial charge in [0.1, 0.15) is 0 Å². The maximum Gasteiger partial charge on any atom is 0.261 e. The molecule has 0 saturated carbocycles. The Kier molecular flexibility index (Phi) is 5.04. The van der Waals surface area contributed by atoms with Gasteiger partial charge in [-0.15, -0.1) is 0 Å². The highest BCUT2D eigenvalue weighted by atomic mass is 32.2. The highest BCUT2D eigenvalue weighted by Crippen LogP contribution is 2.42. The molecule has 0 saturated heterocycles. The zero-order chi connectivity index (χ0) is 20.9. The van der Waals surface area contributed by atoms with Crippen LogP contribution in [0.1, 0.15) is 44.4 Å². The molecule has 0 aliphatic carbocycles. The van der Waals surface area contributed by atoms with Crippen LogP contribution < -0.4 is 9.62 Å². The van der Waals surface area contributed by atoms with Gasteiger partial charge in [0.05, 0.1) is 10.6 Å². The van der Waals surface area contributed by atoms with Gasteiger partial charge < -0.3 is 4.90 Å². The Morgan fingerprint density at radius 1 is 1.14 bits per heavy atom. The number of rotatable bonds is 4. The Labute approximate surface area is 167 Å². The van der Waals surface area contributed by atoms with Gasteiger partial charge in [-0.2, -0.15) is 0 Å². The lowest BCUT2D eigenvalue weighted by Crippen LogP contribution is -2.36. The number of carbonyl (C=O) groups excluding carboxylic acids is 1. The van der Waals surface area contributed by atoms with Gasteiger partial charge >= 0.3 is 0 Å². The second-order valence-corrected chi connectivity index (χ2v) is 10.2. The molecule has 6 heteroatoms. The van der Waals surface area contributed by atoms with Gasteiger partial charge in [0, 0.05) is 23.6 Å². The van der Waals surface area contributed by atoms with Crippen LogP contribution in [0.4, 0.5) is 11.4 Å². The molecule has 0 fully saturated rings. The van der Waals surface area contributed by atoms with Crippen molar-refractivity contribution in [3.05, 3.63) is 53.1 Å². The molecule has 0 bridgehead atoms. The van der Waals surface area contributed by atoms with E-state index in [1.165, 1.54) is 0 Å². The smallest absolute Gasteiger partial charge is 0.261 e. The van der Waals surface area contributed by atoms with E-state index in [0.717, 1.165) is 22.4 Å². The Bertz CT molecular complexity index is 1040. The normalized spacial score (nSPS) is 15.6. The van der Waals surface area contributed by atoms with Gasteiger partial charge in [-0.05, 0) is 54.8 Å². The minimum absolute atomic E-state index is 0.0518. The predicted octanol–water partition coefficient (Wildman–Crippen LogP) is 4.38. The zero-order valence-electron chi connectivity index (χ0n) is 17.3. The molecule has 1 N–H and O–H groups in total. The van der Waals surface area contributed by atoms with Crippen LogP contribution in [0.2, 0.25) is 0 Å². The molecule has 5 nitrogen and oxygen atoms in total. The Morgan fingerprint density at radius 3 is 2.46 bits per heavy atom. The summed E-state index contributed by atoms with van der Waals surface area (Å²) in [6.45, 7) is 12.2. The van der Waals surface area contributed by atoms with E-state index in [-0.39, 0.29) is 22.1 Å². The van der Waals surface area contributed by atoms with E-state index >= 15 is 0 Å². The van der Waals surface area contributed by atoms with Crippen LogP contribution in [0.5, 0.6) is 0 Å². The van der Waals surface area contributed by atoms with Gasteiger partial charge in [0.2, 0.25) is 5.91 Å². The van der Waals surface area contributed by atoms with Crippen LogP contribution in [-0.2, 0) is 20.2 Å². The van der Waals surface area contributed by atoms with Gasteiger partial charge in [-0.1, -0.05) is 39.8 Å². The summed E-state index contributed by atoms with van der Waals surface area (Å²) in [7, 11) is -3.73. The molecule has 1 aliphatic rings. The average molecular weight is 401 g/mol. The monoisotopic (exact) mass is 400 g/mol. The Balaban J connectivity index is 2.01. The summed E-state index contributed by atoms with van der Waals surface area (Å²) in [5.41, 5.74) is 3.88. The van der Waals surface area contributed by atoms with Crippen molar-refractivity contribution in [1.29, 1.82) is 0 Å². The lowest BCUT2D eigenvalue weighted by Gasteiger charge is -2.22. The quantitative estimate of drug-likeness (QED) is 0.828. The molecule has 150 valence electrons. The number of nitrogens with one attached hydrogen (secondary N) is 1. The lowest BCUT2D eigenvalue weighted by atomic mass is 9.87. The molecule has 2 aromatic rings. The molecule has 0 spiro atoms. The van der Waals surface area contributed by atoms with E-state index in [2.05, 4.69) is 4.72 Å². The third-order valence-corrected chi connectivity index (χ3v) is 6.82. The van der Waals surface area contributed by atoms with Crippen LogP contribution in [-0.4, -0.2) is 20.9 Å². The number of carbonyl (C=O) groups is 1. The molecule has 1 aliphatic heterocycles. The number of benzene rings is 2. The maximum atomic E-state index is 13.0. The molecule has 2 aromatic carbocycles. The molecule has 1 amide bonds. The number of nitrogens with zero attached hydrogens (tertiary/aromatic N) is 1. The van der Waals surface area contributed by atoms with Crippen molar-refractivity contribution in [3.63, 3.8) is 0 Å². The number of anilines is 2. The van der Waals surface area contributed by atoms with Crippen LogP contribution in [0, 0.1) is 19.8 Å². The number of aryl methyl sites for hydroxylation is 1. The second-order valence-electron chi connectivity index (χ2n) is 8.49. The van der Waals surface area contributed by atoms with E-state index in [9.17, 15) is 13.2 Å². The van der Waals surface area contributed by atoms with E-state index in [4.69, 9.17) is 0 Å². The molecular formula is C22H28N2O3S. The molecule has 0 atom stereocenters. The second kappa shape index (κ2) is 6.92. The fourth-order valence-corrected chi connectivity index (χ4v) is 4.75. The number of fused-ring (bicyclic) bond motifs is 1. The number of hydrogen-bond acceptors (Lipinski definition) is 3. The lowest BCUT2D eigenvalue weighted by molar-refractivity contribution is -0.121. The fourth-order valence-electron chi connectivity index (χ4n) is 3.60. The summed E-state index contributed by atoms with van der Waals surface area (Å²) < 4.78 is 28.7. The molecule has 0 aromatic heterocycles. The average Bonchev–Trinajstić information content (AvgIpc) is 2.89. The summed E-state index contributed by atoms with van der Waals surface area (Å²) >= 11 is 0. The first-order valence-electron chi connectivity index (χ1n) is 9.49. The van der Waals surface area contributed by atoms with Crippen molar-refractivity contribution >= 4 is 27.3 Å². The fraction of sp³-hybridized carbons (Fsp3) is 0.409. The molecule has 0 unspecified atom stereocenters. The number of hydrogen-bond donors (Lipinski definition) is 1. The van der Waals surface area contributed by atoms with E-state index in [1.54, 1.807) is 29.2 Å². The van der Waals surface area contributed by atoms with Crippen molar-refractivity contribution < 1.29 is 13.2 Å².